The van der Waals surface area contributed by atoms with Gasteiger partial charge in [0, 0.05) is 10.6 Å². The molecule has 0 N–H and O–H groups in total. The normalized spacial score (nSPS) is 22.2. The molecule has 0 aromatic heterocycles. The van der Waals surface area contributed by atoms with Crippen molar-refractivity contribution in [3.63, 3.8) is 0 Å². The van der Waals surface area contributed by atoms with Crippen molar-refractivity contribution in [2.45, 2.75) is 9.34 Å². The summed E-state index contributed by atoms with van der Waals surface area (Å²) in [5, 5.41) is 0.667. The molecule has 2 aromatic carbocycles. The topological polar surface area (TPSA) is 26.3 Å². The van der Waals surface area contributed by atoms with E-state index in [1.54, 1.807) is 6.07 Å². The van der Waals surface area contributed by atoms with Crippen molar-refractivity contribution in [1.29, 1.82) is 0 Å². The predicted octanol–water partition coefficient (Wildman–Crippen LogP) is 5.19. The van der Waals surface area contributed by atoms with Gasteiger partial charge in [-0.25, -0.2) is 4.79 Å². The molecule has 1 aliphatic rings. The zero-order valence-corrected chi connectivity index (χ0v) is 14.1. The second-order valence-corrected chi connectivity index (χ2v) is 7.02. The maximum Gasteiger partial charge on any atom is 0.340 e. The average Bonchev–Trinajstić information content (AvgIpc) is 2.72. The number of esters is 1. The number of halogens is 3. The first-order valence-electron chi connectivity index (χ1n) is 5.93. The number of fused-ring (bicyclic) bond motifs is 1. The number of carbonyl (C=O) groups excluding carboxylic acids is 1. The lowest BCUT2D eigenvalue weighted by atomic mass is 9.99. The quantitative estimate of drug-likeness (QED) is 0.497. The minimum absolute atomic E-state index is 0.222. The van der Waals surface area contributed by atoms with Gasteiger partial charge in [-0.15, -0.1) is 0 Å². The van der Waals surface area contributed by atoms with E-state index in [0.29, 0.717) is 10.6 Å². The Balaban J connectivity index is 2.05. The molecule has 0 amide bonds. The average molecular weight is 416 g/mol. The molecule has 0 aliphatic carbocycles. The molecule has 1 aliphatic heterocycles. The Bertz CT molecular complexity index is 672. The van der Waals surface area contributed by atoms with Crippen LogP contribution in [0.15, 0.2) is 48.5 Å². The number of benzene rings is 2. The van der Waals surface area contributed by atoms with Crippen LogP contribution >= 0.6 is 43.5 Å². The van der Waals surface area contributed by atoms with Crippen LogP contribution in [0.25, 0.3) is 0 Å². The van der Waals surface area contributed by atoms with E-state index in [1.165, 1.54) is 0 Å². The molecule has 3 rings (SSSR count). The van der Waals surface area contributed by atoms with Gasteiger partial charge in [-0.3, -0.25) is 0 Å². The molecule has 2 aromatic rings. The van der Waals surface area contributed by atoms with Gasteiger partial charge in [-0.05, 0) is 39.7 Å². The Morgan fingerprint density at radius 1 is 1.10 bits per heavy atom. The molecule has 0 radical (unpaired) electrons. The number of rotatable bonds is 2. The molecule has 2 atom stereocenters. The minimum atomic E-state index is -0.908. The predicted molar refractivity (Wildman–Crippen MR) is 85.6 cm³/mol. The van der Waals surface area contributed by atoms with E-state index in [2.05, 4.69) is 31.9 Å². The van der Waals surface area contributed by atoms with E-state index >= 15 is 0 Å². The SMILES string of the molecule is O=C1OC(Br)(C(Br)c2ccc(Cl)cc2)c2ccccc21. The van der Waals surface area contributed by atoms with E-state index < -0.39 is 4.51 Å². The zero-order chi connectivity index (χ0) is 14.3. The molecule has 5 heteroatoms. The highest BCUT2D eigenvalue weighted by molar-refractivity contribution is 9.12. The standard InChI is InChI=1S/C15H9Br2ClO2/c16-13(9-5-7-10(18)8-6-9)15(17)12-4-2-1-3-11(12)14(19)20-15/h1-8,13H. The minimum Gasteiger partial charge on any atom is -0.437 e. The monoisotopic (exact) mass is 414 g/mol. The van der Waals surface area contributed by atoms with Crippen molar-refractivity contribution in [3.05, 3.63) is 70.2 Å². The van der Waals surface area contributed by atoms with E-state index in [1.807, 2.05) is 42.5 Å². The number of alkyl halides is 2. The highest BCUT2D eigenvalue weighted by Gasteiger charge is 2.48. The number of ether oxygens (including phenoxy) is 1. The third-order valence-electron chi connectivity index (χ3n) is 3.24. The van der Waals surface area contributed by atoms with Crippen molar-refractivity contribution in [2.24, 2.45) is 0 Å². The number of carbonyl (C=O) groups is 1. The maximum atomic E-state index is 12.0. The van der Waals surface area contributed by atoms with Crippen LogP contribution in [0, 0.1) is 0 Å². The zero-order valence-electron chi connectivity index (χ0n) is 10.1. The van der Waals surface area contributed by atoms with E-state index in [9.17, 15) is 4.79 Å². The van der Waals surface area contributed by atoms with Crippen molar-refractivity contribution in [3.8, 4) is 0 Å². The van der Waals surface area contributed by atoms with Gasteiger partial charge in [0.25, 0.3) is 0 Å². The van der Waals surface area contributed by atoms with Crippen LogP contribution in [0.4, 0.5) is 0 Å². The Kier molecular flexibility index (Phi) is 3.65. The molecule has 0 spiro atoms. The van der Waals surface area contributed by atoms with E-state index in [4.69, 9.17) is 16.3 Å². The van der Waals surface area contributed by atoms with E-state index in [0.717, 1.165) is 11.1 Å². The van der Waals surface area contributed by atoms with Gasteiger partial charge in [-0.2, -0.15) is 0 Å². The van der Waals surface area contributed by atoms with Crippen LogP contribution in [-0.2, 0) is 9.25 Å². The van der Waals surface area contributed by atoms with Crippen molar-refractivity contribution in [2.75, 3.05) is 0 Å². The third kappa shape index (κ3) is 2.20. The summed E-state index contributed by atoms with van der Waals surface area (Å²) in [6.45, 7) is 0. The fraction of sp³-hybridized carbons (Fsp3) is 0.133. The number of hydrogen-bond donors (Lipinski definition) is 0. The molecule has 1 heterocycles. The summed E-state index contributed by atoms with van der Waals surface area (Å²) in [6.07, 6.45) is 0. The van der Waals surface area contributed by atoms with Crippen molar-refractivity contribution in [1.82, 2.24) is 0 Å². The molecule has 2 unspecified atom stereocenters. The molecule has 102 valence electrons. The van der Waals surface area contributed by atoms with Gasteiger partial charge in [0.2, 0.25) is 4.51 Å². The summed E-state index contributed by atoms with van der Waals surface area (Å²) in [5.74, 6) is -0.323. The summed E-state index contributed by atoms with van der Waals surface area (Å²) in [5.41, 5.74) is 2.38. The van der Waals surface area contributed by atoms with Gasteiger partial charge in [0.15, 0.2) is 0 Å². The largest absolute Gasteiger partial charge is 0.437 e. The van der Waals surface area contributed by atoms with Gasteiger partial charge < -0.3 is 4.74 Å². The Morgan fingerprint density at radius 3 is 2.45 bits per heavy atom. The summed E-state index contributed by atoms with van der Waals surface area (Å²) < 4.78 is 4.66. The Labute approximate surface area is 138 Å². The van der Waals surface area contributed by atoms with Crippen molar-refractivity contribution < 1.29 is 9.53 Å². The highest BCUT2D eigenvalue weighted by atomic mass is 79.9. The summed E-state index contributed by atoms with van der Waals surface area (Å²) in [6, 6.07) is 14.8. The second-order valence-electron chi connectivity index (χ2n) is 4.49. The van der Waals surface area contributed by atoms with Crippen LogP contribution in [0.2, 0.25) is 5.02 Å². The van der Waals surface area contributed by atoms with Crippen LogP contribution in [0.3, 0.4) is 0 Å². The summed E-state index contributed by atoms with van der Waals surface area (Å²) >= 11 is 13.1. The van der Waals surface area contributed by atoms with Crippen LogP contribution in [0.5, 0.6) is 0 Å². The maximum absolute atomic E-state index is 12.0. The molecule has 0 saturated heterocycles. The smallest absolute Gasteiger partial charge is 0.340 e. The molecule has 0 fully saturated rings. The number of cyclic esters (lactones) is 1. The van der Waals surface area contributed by atoms with Crippen LogP contribution in [-0.4, -0.2) is 5.97 Å². The lowest BCUT2D eigenvalue weighted by Gasteiger charge is -2.27. The molecular weight excluding hydrogens is 407 g/mol. The highest BCUT2D eigenvalue weighted by Crippen LogP contribution is 2.53. The lowest BCUT2D eigenvalue weighted by molar-refractivity contribution is 0.0308. The fourth-order valence-corrected chi connectivity index (χ4v) is 3.77. The van der Waals surface area contributed by atoms with Gasteiger partial charge in [-0.1, -0.05) is 57.9 Å². The van der Waals surface area contributed by atoms with E-state index in [-0.39, 0.29) is 10.8 Å². The van der Waals surface area contributed by atoms with Gasteiger partial charge >= 0.3 is 5.97 Å². The molecule has 20 heavy (non-hydrogen) atoms. The molecular formula is C15H9Br2ClO2. The lowest BCUT2D eigenvalue weighted by Crippen LogP contribution is -2.23. The summed E-state index contributed by atoms with van der Waals surface area (Å²) in [4.78, 5) is 11.8. The van der Waals surface area contributed by atoms with Crippen LogP contribution in [0.1, 0.15) is 26.3 Å². The first-order chi connectivity index (χ1) is 9.52. The van der Waals surface area contributed by atoms with Crippen molar-refractivity contribution >= 4 is 49.4 Å². The molecule has 0 saturated carbocycles. The molecule has 0 bridgehead atoms. The van der Waals surface area contributed by atoms with Crippen LogP contribution < -0.4 is 0 Å². The van der Waals surface area contributed by atoms with Gasteiger partial charge in [0.1, 0.15) is 0 Å². The second kappa shape index (κ2) is 5.17. The summed E-state index contributed by atoms with van der Waals surface area (Å²) in [7, 11) is 0. The Hall–Kier alpha value is -0.840. The molecule has 2 nitrogen and oxygen atoms in total. The van der Waals surface area contributed by atoms with Gasteiger partial charge in [0.05, 0.1) is 10.4 Å². The number of hydrogen-bond acceptors (Lipinski definition) is 2. The first kappa shape index (κ1) is 14.1. The Morgan fingerprint density at radius 2 is 1.75 bits per heavy atom. The fourth-order valence-electron chi connectivity index (χ4n) is 2.24. The third-order valence-corrected chi connectivity index (χ3v) is 6.33. The first-order valence-corrected chi connectivity index (χ1v) is 8.02.